The van der Waals surface area contributed by atoms with Crippen LogP contribution in [0.15, 0.2) is 12.5 Å². The zero-order valence-corrected chi connectivity index (χ0v) is 8.56. The topological polar surface area (TPSA) is 44.1 Å². The second-order valence-electron chi connectivity index (χ2n) is 3.70. The van der Waals surface area contributed by atoms with Gasteiger partial charge in [0.2, 0.25) is 0 Å². The van der Waals surface area contributed by atoms with Crippen molar-refractivity contribution in [2.75, 3.05) is 6.61 Å². The summed E-state index contributed by atoms with van der Waals surface area (Å²) in [5, 5.41) is 0. The Morgan fingerprint density at radius 1 is 1.87 bits per heavy atom. The lowest BCUT2D eigenvalue weighted by Gasteiger charge is -2.12. The molecule has 0 N–H and O–H groups in total. The first kappa shape index (κ1) is 6.30. The maximum Gasteiger partial charge on any atom is 0.309 e. The molecule has 0 radical (unpaired) electrons. The predicted molar refractivity (Wildman–Crippen MR) is 55.1 cm³/mol. The molecule has 1 aliphatic heterocycles. The van der Waals surface area contributed by atoms with Gasteiger partial charge in [-0.15, -0.1) is 0 Å². The molecule has 15 heavy (non-hydrogen) atoms. The van der Waals surface area contributed by atoms with Gasteiger partial charge < -0.3 is 9.30 Å². The van der Waals surface area contributed by atoms with E-state index in [1.165, 1.54) is 0 Å². The number of hydrogen-bond donors (Lipinski definition) is 0. The number of cyclic esters (lactones) is 1. The summed E-state index contributed by atoms with van der Waals surface area (Å²) in [6, 6.07) is 0. The van der Waals surface area contributed by atoms with Crippen LogP contribution in [-0.4, -0.2) is 22.1 Å². The van der Waals surface area contributed by atoms with Gasteiger partial charge in [-0.3, -0.25) is 4.79 Å². The molecule has 2 atom stereocenters. The number of nitrogens with zero attached hydrogens (tertiary/aromatic N) is 2. The summed E-state index contributed by atoms with van der Waals surface area (Å²) >= 11 is 0. The molecule has 2 rings (SSSR count). The standard InChI is InChI=1S/C11H16N2O2/c1-3-10-8(6-15-11(10)14)4-9-5-12-7-13(9)2/h5,7-8,10H,3-4,6H2,1-2H3/t8-,10-/m0/s1/i1D3,8D. The van der Waals surface area contributed by atoms with Crippen LogP contribution in [0, 0.1) is 11.8 Å². The van der Waals surface area contributed by atoms with Crippen molar-refractivity contribution in [1.29, 1.82) is 0 Å². The van der Waals surface area contributed by atoms with Crippen molar-refractivity contribution in [2.24, 2.45) is 18.9 Å². The molecule has 0 spiro atoms. The Morgan fingerprint density at radius 3 is 3.40 bits per heavy atom. The Hall–Kier alpha value is -1.32. The molecule has 0 aliphatic carbocycles. The summed E-state index contributed by atoms with van der Waals surface area (Å²) in [5.74, 6) is -2.75. The van der Waals surface area contributed by atoms with Crippen LogP contribution in [0.1, 0.15) is 24.4 Å². The van der Waals surface area contributed by atoms with Crippen molar-refractivity contribution >= 4 is 5.97 Å². The molecule has 4 heteroatoms. The van der Waals surface area contributed by atoms with Crippen molar-refractivity contribution in [1.82, 2.24) is 9.55 Å². The Kier molecular flexibility index (Phi) is 1.70. The first-order valence-electron chi connectivity index (χ1n) is 6.83. The van der Waals surface area contributed by atoms with E-state index in [0.29, 0.717) is 0 Å². The van der Waals surface area contributed by atoms with E-state index in [1.54, 1.807) is 24.1 Å². The van der Waals surface area contributed by atoms with Crippen LogP contribution in [0.2, 0.25) is 0 Å². The zero-order chi connectivity index (χ0) is 14.3. The van der Waals surface area contributed by atoms with Gasteiger partial charge in [0.1, 0.15) is 0 Å². The molecule has 0 bridgehead atoms. The number of ether oxygens (including phenoxy) is 1. The molecule has 0 unspecified atom stereocenters. The van der Waals surface area contributed by atoms with Gasteiger partial charge >= 0.3 is 5.97 Å². The molecule has 1 saturated heterocycles. The number of aryl methyl sites for hydroxylation is 1. The summed E-state index contributed by atoms with van der Waals surface area (Å²) < 4.78 is 36.9. The molecule has 0 saturated carbocycles. The van der Waals surface area contributed by atoms with Gasteiger partial charge in [0.25, 0.3) is 0 Å². The minimum atomic E-state index is -2.24. The first-order valence-corrected chi connectivity index (χ1v) is 4.83. The average molecular weight is 212 g/mol. The minimum absolute atomic E-state index is 0.0717. The third-order valence-electron chi connectivity index (χ3n) is 2.71. The van der Waals surface area contributed by atoms with E-state index in [1.807, 2.05) is 0 Å². The fourth-order valence-electron chi connectivity index (χ4n) is 1.72. The fraction of sp³-hybridized carbons (Fsp3) is 0.636. The van der Waals surface area contributed by atoms with Crippen LogP contribution in [0.3, 0.4) is 0 Å². The predicted octanol–water partition coefficient (Wildman–Crippen LogP) is 1.16. The van der Waals surface area contributed by atoms with Gasteiger partial charge in [0.05, 0.1) is 18.9 Å². The number of carbonyl (C=O) groups is 1. The van der Waals surface area contributed by atoms with Crippen molar-refractivity contribution in [2.45, 2.75) is 19.7 Å². The van der Waals surface area contributed by atoms with Crippen LogP contribution >= 0.6 is 0 Å². The molecule has 1 fully saturated rings. The monoisotopic (exact) mass is 212 g/mol. The number of rotatable bonds is 3. The molecule has 1 aromatic rings. The maximum absolute atomic E-state index is 11.7. The lowest BCUT2D eigenvalue weighted by atomic mass is 9.89. The van der Waals surface area contributed by atoms with Crippen molar-refractivity contribution in [3.63, 3.8) is 0 Å². The van der Waals surface area contributed by atoms with Gasteiger partial charge in [0.15, 0.2) is 0 Å². The lowest BCUT2D eigenvalue weighted by molar-refractivity contribution is -0.141. The lowest BCUT2D eigenvalue weighted by Crippen LogP contribution is -2.18. The van der Waals surface area contributed by atoms with E-state index in [9.17, 15) is 4.79 Å². The van der Waals surface area contributed by atoms with E-state index in [2.05, 4.69) is 4.98 Å². The van der Waals surface area contributed by atoms with Crippen LogP contribution in [0.25, 0.3) is 0 Å². The van der Waals surface area contributed by atoms with Gasteiger partial charge in [-0.1, -0.05) is 6.85 Å². The minimum Gasteiger partial charge on any atom is -0.465 e. The summed E-state index contributed by atoms with van der Waals surface area (Å²) in [7, 11) is 1.79. The van der Waals surface area contributed by atoms with E-state index in [4.69, 9.17) is 10.2 Å². The highest BCUT2D eigenvalue weighted by Crippen LogP contribution is 2.27. The number of carbonyl (C=O) groups excluding carboxylic acids is 1. The van der Waals surface area contributed by atoms with Crippen LogP contribution in [0.5, 0.6) is 0 Å². The molecule has 82 valence electrons. The second-order valence-corrected chi connectivity index (χ2v) is 3.70. The van der Waals surface area contributed by atoms with E-state index >= 15 is 0 Å². The third-order valence-corrected chi connectivity index (χ3v) is 2.71. The van der Waals surface area contributed by atoms with Crippen molar-refractivity contribution in [3.05, 3.63) is 18.2 Å². The molecule has 0 amide bonds. The van der Waals surface area contributed by atoms with Gasteiger partial charge in [-0.05, 0) is 12.8 Å². The number of imidazole rings is 1. The smallest absolute Gasteiger partial charge is 0.309 e. The van der Waals surface area contributed by atoms with Crippen LogP contribution < -0.4 is 0 Å². The summed E-state index contributed by atoms with van der Waals surface area (Å²) in [6.07, 6.45) is 3.14. The van der Waals surface area contributed by atoms with Crippen molar-refractivity contribution < 1.29 is 15.0 Å². The molecule has 4 nitrogen and oxygen atoms in total. The van der Waals surface area contributed by atoms with Gasteiger partial charge in [-0.2, -0.15) is 0 Å². The summed E-state index contributed by atoms with van der Waals surface area (Å²) in [5.41, 5.74) is 0.781. The van der Waals surface area contributed by atoms with Crippen LogP contribution in [-0.2, 0) is 23.0 Å². The Balaban J connectivity index is 2.20. The Bertz CT molecular complexity index is 485. The molecule has 2 heterocycles. The Morgan fingerprint density at radius 2 is 2.73 bits per heavy atom. The van der Waals surface area contributed by atoms with Gasteiger partial charge in [0, 0.05) is 30.3 Å². The van der Waals surface area contributed by atoms with Crippen molar-refractivity contribution in [3.8, 4) is 0 Å². The number of aromatic nitrogens is 2. The highest BCUT2D eigenvalue weighted by Gasteiger charge is 2.35. The molecule has 1 aromatic heterocycles. The zero-order valence-electron chi connectivity index (χ0n) is 12.6. The summed E-state index contributed by atoms with van der Waals surface area (Å²) in [4.78, 5) is 15.6. The SMILES string of the molecule is [2H]C([2H])([2H])C[C@@H]1C(=O)OC[C@]1([2H])Cc1cncn1C. The fourth-order valence-corrected chi connectivity index (χ4v) is 1.72. The largest absolute Gasteiger partial charge is 0.465 e. The highest BCUT2D eigenvalue weighted by atomic mass is 16.5. The first-order chi connectivity index (χ1) is 8.71. The quantitative estimate of drug-likeness (QED) is 0.706. The van der Waals surface area contributed by atoms with Gasteiger partial charge in [-0.25, -0.2) is 4.98 Å². The Labute approximate surface area is 94.9 Å². The van der Waals surface area contributed by atoms with E-state index in [0.717, 1.165) is 5.69 Å². The van der Waals surface area contributed by atoms with E-state index < -0.39 is 24.6 Å². The number of esters is 1. The molecule has 1 aliphatic rings. The summed E-state index contributed by atoms with van der Waals surface area (Å²) in [6.45, 7) is -2.31. The average Bonchev–Trinajstić information content (AvgIpc) is 2.77. The van der Waals surface area contributed by atoms with Crippen LogP contribution in [0.4, 0.5) is 0 Å². The molecule has 0 aromatic carbocycles. The number of hydrogen-bond acceptors (Lipinski definition) is 3. The third kappa shape index (κ3) is 1.89. The molecular weight excluding hydrogens is 192 g/mol. The van der Waals surface area contributed by atoms with E-state index in [-0.39, 0.29) is 19.4 Å². The highest BCUT2D eigenvalue weighted by molar-refractivity contribution is 5.74. The second kappa shape index (κ2) is 4.04. The molecular formula is C11H16N2O2. The normalized spacial score (nSPS) is 35.3. The maximum atomic E-state index is 11.7.